The molecule has 0 aliphatic carbocycles. The Balaban J connectivity index is 1.90. The van der Waals surface area contributed by atoms with Crippen LogP contribution in [0.1, 0.15) is 11.3 Å². The zero-order valence-electron chi connectivity index (χ0n) is 15.0. The maximum atomic E-state index is 12.6. The topological polar surface area (TPSA) is 115 Å². The van der Waals surface area contributed by atoms with Gasteiger partial charge in [0.15, 0.2) is 0 Å². The number of carbonyl (C=O) groups is 1. The van der Waals surface area contributed by atoms with Crippen molar-refractivity contribution < 1.29 is 4.79 Å². The number of nitrogens with two attached hydrogens (primary N) is 1. The lowest BCUT2D eigenvalue weighted by molar-refractivity contribution is -0.118. The van der Waals surface area contributed by atoms with Gasteiger partial charge in [-0.2, -0.15) is 5.10 Å². The molecule has 0 bridgehead atoms. The summed E-state index contributed by atoms with van der Waals surface area (Å²) >= 11 is 0. The molecule has 0 saturated carbocycles. The number of nitrogens with one attached hydrogen (secondary N) is 1. The van der Waals surface area contributed by atoms with Crippen LogP contribution in [0.2, 0.25) is 0 Å². The molecule has 0 saturated heterocycles. The van der Waals surface area contributed by atoms with Gasteiger partial charge in [0.2, 0.25) is 5.91 Å². The van der Waals surface area contributed by atoms with E-state index < -0.39 is 17.2 Å². The number of para-hydroxylation sites is 2. The van der Waals surface area contributed by atoms with Gasteiger partial charge in [0, 0.05) is 22.2 Å². The van der Waals surface area contributed by atoms with Crippen LogP contribution in [0.25, 0.3) is 21.8 Å². The van der Waals surface area contributed by atoms with Gasteiger partial charge < -0.3 is 15.3 Å². The van der Waals surface area contributed by atoms with Gasteiger partial charge in [-0.3, -0.25) is 9.59 Å². The maximum absolute atomic E-state index is 12.6. The minimum absolute atomic E-state index is 0.0245. The smallest absolute Gasteiger partial charge is 0.349 e. The molecule has 2 heterocycles. The van der Waals surface area contributed by atoms with Crippen molar-refractivity contribution in [1.29, 1.82) is 0 Å². The summed E-state index contributed by atoms with van der Waals surface area (Å²) in [5, 5.41) is 5.35. The van der Waals surface area contributed by atoms with Crippen LogP contribution in [0.4, 0.5) is 0 Å². The van der Waals surface area contributed by atoms with E-state index >= 15 is 0 Å². The van der Waals surface area contributed by atoms with Crippen LogP contribution < -0.4 is 17.0 Å². The monoisotopic (exact) mass is 375 g/mol. The molecule has 8 heteroatoms. The van der Waals surface area contributed by atoms with Crippen LogP contribution in [0.5, 0.6) is 0 Å². The minimum atomic E-state index is -0.626. The van der Waals surface area contributed by atoms with E-state index in [1.165, 1.54) is 6.21 Å². The number of amides is 1. The molecule has 0 radical (unpaired) electrons. The van der Waals surface area contributed by atoms with Crippen LogP contribution in [0.15, 0.2) is 63.2 Å². The number of H-pyrrole nitrogens is 1. The van der Waals surface area contributed by atoms with Gasteiger partial charge in [-0.25, -0.2) is 4.79 Å². The summed E-state index contributed by atoms with van der Waals surface area (Å²) in [5.41, 5.74) is 6.97. The van der Waals surface area contributed by atoms with E-state index in [-0.39, 0.29) is 6.54 Å². The molecule has 140 valence electrons. The van der Waals surface area contributed by atoms with E-state index in [4.69, 9.17) is 5.73 Å². The first-order chi connectivity index (χ1) is 13.5. The van der Waals surface area contributed by atoms with Crippen molar-refractivity contribution in [2.45, 2.75) is 13.5 Å². The number of primary amides is 1. The molecule has 8 nitrogen and oxygen atoms in total. The Morgan fingerprint density at radius 1 is 1.11 bits per heavy atom. The molecule has 2 aromatic carbocycles. The fourth-order valence-corrected chi connectivity index (χ4v) is 3.35. The van der Waals surface area contributed by atoms with Crippen molar-refractivity contribution in [3.05, 3.63) is 80.6 Å². The third-order valence-corrected chi connectivity index (χ3v) is 4.68. The zero-order chi connectivity index (χ0) is 19.8. The van der Waals surface area contributed by atoms with E-state index in [1.807, 2.05) is 31.2 Å². The van der Waals surface area contributed by atoms with Crippen molar-refractivity contribution in [2.75, 3.05) is 0 Å². The summed E-state index contributed by atoms with van der Waals surface area (Å²) < 4.78 is 2.58. The Kier molecular flexibility index (Phi) is 4.15. The van der Waals surface area contributed by atoms with Crippen molar-refractivity contribution >= 4 is 33.9 Å². The molecular weight excluding hydrogens is 358 g/mol. The first-order valence-corrected chi connectivity index (χ1v) is 8.62. The summed E-state index contributed by atoms with van der Waals surface area (Å²) in [4.78, 5) is 39.0. The molecule has 0 unspecified atom stereocenters. The molecular formula is C20H17N5O3. The lowest BCUT2D eigenvalue weighted by atomic mass is 10.1. The number of aromatic nitrogens is 3. The summed E-state index contributed by atoms with van der Waals surface area (Å²) in [7, 11) is 0. The second kappa shape index (κ2) is 6.66. The van der Waals surface area contributed by atoms with Crippen molar-refractivity contribution in [2.24, 2.45) is 10.8 Å². The Morgan fingerprint density at radius 3 is 2.54 bits per heavy atom. The molecule has 3 N–H and O–H groups in total. The number of fused-ring (bicyclic) bond motifs is 2. The fourth-order valence-electron chi connectivity index (χ4n) is 3.35. The summed E-state index contributed by atoms with van der Waals surface area (Å²) in [6.07, 6.45) is 1.46. The number of nitrogens with zero attached hydrogens (tertiary/aromatic N) is 3. The SMILES string of the molecule is Cc1c(C=Nn2c(=O)[nH]c3ccccc3c2=O)c2ccccc2n1CC(N)=O. The molecule has 0 spiro atoms. The van der Waals surface area contributed by atoms with Crippen molar-refractivity contribution in [1.82, 2.24) is 14.2 Å². The number of hydrogen-bond acceptors (Lipinski definition) is 4. The zero-order valence-corrected chi connectivity index (χ0v) is 15.0. The summed E-state index contributed by atoms with van der Waals surface area (Å²) in [6.45, 7) is 1.86. The van der Waals surface area contributed by atoms with Crippen LogP contribution in [0, 0.1) is 6.92 Å². The molecule has 0 fully saturated rings. The van der Waals surface area contributed by atoms with E-state index in [0.717, 1.165) is 21.3 Å². The van der Waals surface area contributed by atoms with E-state index in [9.17, 15) is 14.4 Å². The standard InChI is InChI=1S/C20H17N5O3/c1-12-15(13-6-3-5-9-17(13)24(12)11-18(21)26)10-22-25-19(27)14-7-2-4-8-16(14)23-20(25)28/h2-10H,11H2,1H3,(H2,21,26)(H,23,28). The lowest BCUT2D eigenvalue weighted by Crippen LogP contribution is -2.32. The number of carbonyl (C=O) groups excluding carboxylic acids is 1. The van der Waals surface area contributed by atoms with Gasteiger partial charge in [-0.15, -0.1) is 4.68 Å². The molecule has 4 aromatic rings. The highest BCUT2D eigenvalue weighted by Crippen LogP contribution is 2.24. The van der Waals surface area contributed by atoms with Crippen LogP contribution in [-0.4, -0.2) is 26.3 Å². The number of aromatic amines is 1. The maximum Gasteiger partial charge on any atom is 0.349 e. The minimum Gasteiger partial charge on any atom is -0.368 e. The molecule has 0 aliphatic heterocycles. The van der Waals surface area contributed by atoms with Crippen LogP contribution in [-0.2, 0) is 11.3 Å². The Hall–Kier alpha value is -3.94. The number of rotatable bonds is 4. The first kappa shape index (κ1) is 17.5. The quantitative estimate of drug-likeness (QED) is 0.524. The van der Waals surface area contributed by atoms with Gasteiger partial charge in [0.1, 0.15) is 6.54 Å². The summed E-state index contributed by atoms with van der Waals surface area (Å²) in [5.74, 6) is -0.463. The van der Waals surface area contributed by atoms with Crippen molar-refractivity contribution in [3.63, 3.8) is 0 Å². The third-order valence-electron chi connectivity index (χ3n) is 4.68. The van der Waals surface area contributed by atoms with Gasteiger partial charge in [0.25, 0.3) is 5.56 Å². The summed E-state index contributed by atoms with van der Waals surface area (Å²) in [6, 6.07) is 14.2. The highest BCUT2D eigenvalue weighted by Gasteiger charge is 2.14. The molecule has 1 amide bonds. The van der Waals surface area contributed by atoms with Gasteiger partial charge >= 0.3 is 5.69 Å². The number of hydrogen-bond donors (Lipinski definition) is 2. The average molecular weight is 375 g/mol. The van der Waals surface area contributed by atoms with E-state index in [2.05, 4.69) is 10.1 Å². The molecule has 2 aromatic heterocycles. The Bertz CT molecular complexity index is 1370. The Labute approximate surface area is 158 Å². The predicted molar refractivity (Wildman–Crippen MR) is 108 cm³/mol. The second-order valence-electron chi connectivity index (χ2n) is 6.41. The average Bonchev–Trinajstić information content (AvgIpc) is 2.93. The lowest BCUT2D eigenvalue weighted by Gasteiger charge is -2.04. The molecule has 4 rings (SSSR count). The number of benzene rings is 2. The van der Waals surface area contributed by atoms with Crippen LogP contribution in [0.3, 0.4) is 0 Å². The van der Waals surface area contributed by atoms with Gasteiger partial charge in [0.05, 0.1) is 17.1 Å². The van der Waals surface area contributed by atoms with E-state index in [0.29, 0.717) is 16.5 Å². The van der Waals surface area contributed by atoms with E-state index in [1.54, 1.807) is 28.8 Å². The molecule has 0 atom stereocenters. The largest absolute Gasteiger partial charge is 0.368 e. The first-order valence-electron chi connectivity index (χ1n) is 8.62. The molecule has 0 aliphatic rings. The Morgan fingerprint density at radius 2 is 1.79 bits per heavy atom. The fraction of sp³-hybridized carbons (Fsp3) is 0.100. The van der Waals surface area contributed by atoms with Gasteiger partial charge in [-0.05, 0) is 25.1 Å². The van der Waals surface area contributed by atoms with Gasteiger partial charge in [-0.1, -0.05) is 30.3 Å². The predicted octanol–water partition coefficient (Wildman–Crippen LogP) is 1.32. The van der Waals surface area contributed by atoms with Crippen molar-refractivity contribution in [3.8, 4) is 0 Å². The highest BCUT2D eigenvalue weighted by molar-refractivity contribution is 6.01. The normalized spacial score (nSPS) is 11.6. The highest BCUT2D eigenvalue weighted by atomic mass is 16.2. The molecule has 28 heavy (non-hydrogen) atoms. The third kappa shape index (κ3) is 2.81. The van der Waals surface area contributed by atoms with Crippen LogP contribution >= 0.6 is 0 Å². The second-order valence-corrected chi connectivity index (χ2v) is 6.41.